The number of rotatable bonds is 3. The van der Waals surface area contributed by atoms with Crippen molar-refractivity contribution in [2.75, 3.05) is 12.4 Å². The molecule has 5 nitrogen and oxygen atoms in total. The average molecular weight is 268 g/mol. The number of nitrogens with one attached hydrogen (secondary N) is 1. The van der Waals surface area contributed by atoms with E-state index >= 15 is 0 Å². The molecule has 2 rings (SSSR count). The Morgan fingerprint density at radius 1 is 1.15 bits per heavy atom. The Labute approximate surface area is 118 Å². The van der Waals surface area contributed by atoms with Gasteiger partial charge >= 0.3 is 0 Å². The Morgan fingerprint density at radius 2 is 1.80 bits per heavy atom. The third-order valence-electron chi connectivity index (χ3n) is 3.38. The summed E-state index contributed by atoms with van der Waals surface area (Å²) >= 11 is 0. The molecule has 1 aromatic carbocycles. The van der Waals surface area contributed by atoms with Crippen molar-refractivity contribution >= 4 is 5.95 Å². The van der Waals surface area contributed by atoms with E-state index in [2.05, 4.69) is 22.2 Å². The van der Waals surface area contributed by atoms with Gasteiger partial charge in [-0.2, -0.15) is 5.26 Å². The minimum atomic E-state index is 0.303. The molecule has 1 N–H and O–H groups in total. The highest BCUT2D eigenvalue weighted by Crippen LogP contribution is 2.34. The van der Waals surface area contributed by atoms with Crippen molar-refractivity contribution in [3.05, 3.63) is 35.2 Å². The molecule has 0 amide bonds. The Kier molecular flexibility index (Phi) is 3.85. The summed E-state index contributed by atoms with van der Waals surface area (Å²) in [5.74, 6) is 1.18. The fourth-order valence-corrected chi connectivity index (χ4v) is 2.27. The molecule has 0 aliphatic rings. The minimum Gasteiger partial charge on any atom is -0.496 e. The molecule has 0 unspecified atom stereocenters. The normalized spacial score (nSPS) is 9.95. The van der Waals surface area contributed by atoms with Crippen LogP contribution >= 0.6 is 0 Å². The third kappa shape index (κ3) is 2.41. The summed E-state index contributed by atoms with van der Waals surface area (Å²) in [5, 5.41) is 10.9. The number of methoxy groups -OCH3 is 1. The lowest BCUT2D eigenvalue weighted by Crippen LogP contribution is -1.99. The topological polar surface area (TPSA) is 70.8 Å². The van der Waals surface area contributed by atoms with Crippen LogP contribution in [0.1, 0.15) is 16.7 Å². The van der Waals surface area contributed by atoms with Gasteiger partial charge in [0.05, 0.1) is 7.11 Å². The molecular formula is C15H16N4O. The first-order valence-electron chi connectivity index (χ1n) is 6.20. The zero-order valence-corrected chi connectivity index (χ0v) is 12.0. The highest BCUT2D eigenvalue weighted by Gasteiger charge is 2.13. The van der Waals surface area contributed by atoms with Crippen molar-refractivity contribution in [3.63, 3.8) is 0 Å². The van der Waals surface area contributed by atoms with Gasteiger partial charge in [0.15, 0.2) is 6.19 Å². The van der Waals surface area contributed by atoms with Crippen molar-refractivity contribution in [1.29, 1.82) is 5.26 Å². The van der Waals surface area contributed by atoms with E-state index in [1.54, 1.807) is 25.7 Å². The first kappa shape index (κ1) is 13.8. The number of ether oxygens (including phenoxy) is 1. The Hall–Kier alpha value is -2.61. The number of hydrogen-bond acceptors (Lipinski definition) is 5. The van der Waals surface area contributed by atoms with Crippen LogP contribution in [0.25, 0.3) is 11.1 Å². The van der Waals surface area contributed by atoms with Crippen LogP contribution in [0.3, 0.4) is 0 Å². The van der Waals surface area contributed by atoms with Gasteiger partial charge in [0.25, 0.3) is 0 Å². The maximum atomic E-state index is 8.53. The van der Waals surface area contributed by atoms with E-state index in [9.17, 15) is 0 Å². The zero-order chi connectivity index (χ0) is 14.7. The number of nitriles is 1. The van der Waals surface area contributed by atoms with Gasteiger partial charge in [-0.15, -0.1) is 0 Å². The van der Waals surface area contributed by atoms with Gasteiger partial charge in [0.2, 0.25) is 5.95 Å². The number of anilines is 1. The Balaban J connectivity index is 2.53. The molecule has 0 radical (unpaired) electrons. The fourth-order valence-electron chi connectivity index (χ4n) is 2.27. The predicted molar refractivity (Wildman–Crippen MR) is 77.5 cm³/mol. The summed E-state index contributed by atoms with van der Waals surface area (Å²) in [4.78, 5) is 8.25. The SMILES string of the molecule is COc1cc(C)c(-c2cnc(NC#N)nc2)c(C)c1C. The highest BCUT2D eigenvalue weighted by molar-refractivity contribution is 5.73. The summed E-state index contributed by atoms with van der Waals surface area (Å²) < 4.78 is 5.37. The molecule has 2 aromatic rings. The number of nitrogens with zero attached hydrogens (tertiary/aromatic N) is 3. The molecular weight excluding hydrogens is 252 g/mol. The molecule has 5 heteroatoms. The highest BCUT2D eigenvalue weighted by atomic mass is 16.5. The van der Waals surface area contributed by atoms with Crippen molar-refractivity contribution in [2.24, 2.45) is 0 Å². The lowest BCUT2D eigenvalue weighted by molar-refractivity contribution is 0.411. The Morgan fingerprint density at radius 3 is 2.35 bits per heavy atom. The maximum absolute atomic E-state index is 8.53. The summed E-state index contributed by atoms with van der Waals surface area (Å²) in [6.07, 6.45) is 5.23. The molecule has 1 aromatic heterocycles. The van der Waals surface area contributed by atoms with E-state index in [0.29, 0.717) is 5.95 Å². The van der Waals surface area contributed by atoms with Crippen molar-refractivity contribution in [1.82, 2.24) is 9.97 Å². The van der Waals surface area contributed by atoms with Crippen LogP contribution in [0.15, 0.2) is 18.5 Å². The molecule has 102 valence electrons. The second kappa shape index (κ2) is 5.57. The number of hydrogen-bond donors (Lipinski definition) is 1. The molecule has 0 saturated heterocycles. The molecule has 0 aliphatic heterocycles. The molecule has 1 heterocycles. The summed E-state index contributed by atoms with van der Waals surface area (Å²) in [5.41, 5.74) is 5.38. The van der Waals surface area contributed by atoms with Crippen LogP contribution in [-0.4, -0.2) is 17.1 Å². The van der Waals surface area contributed by atoms with Crippen LogP contribution in [-0.2, 0) is 0 Å². The average Bonchev–Trinajstić information content (AvgIpc) is 2.45. The van der Waals surface area contributed by atoms with Gasteiger partial charge < -0.3 is 4.74 Å². The van der Waals surface area contributed by atoms with Gasteiger partial charge in [0.1, 0.15) is 5.75 Å². The lowest BCUT2D eigenvalue weighted by atomic mass is 9.93. The van der Waals surface area contributed by atoms with Gasteiger partial charge in [-0.05, 0) is 49.1 Å². The second-order valence-corrected chi connectivity index (χ2v) is 4.55. The summed E-state index contributed by atoms with van der Waals surface area (Å²) in [6, 6.07) is 2.01. The van der Waals surface area contributed by atoms with Gasteiger partial charge in [-0.3, -0.25) is 5.32 Å². The molecule has 20 heavy (non-hydrogen) atoms. The Bertz CT molecular complexity index is 672. The van der Waals surface area contributed by atoms with E-state index in [1.807, 2.05) is 19.9 Å². The minimum absolute atomic E-state index is 0.303. The largest absolute Gasteiger partial charge is 0.496 e. The van der Waals surface area contributed by atoms with E-state index in [4.69, 9.17) is 10.00 Å². The third-order valence-corrected chi connectivity index (χ3v) is 3.38. The zero-order valence-electron chi connectivity index (χ0n) is 12.0. The summed E-state index contributed by atoms with van der Waals surface area (Å²) in [6.45, 7) is 6.12. The second-order valence-electron chi connectivity index (χ2n) is 4.55. The summed E-state index contributed by atoms with van der Waals surface area (Å²) in [7, 11) is 1.67. The first-order valence-corrected chi connectivity index (χ1v) is 6.20. The van der Waals surface area contributed by atoms with E-state index in [1.165, 1.54) is 0 Å². The number of aryl methyl sites for hydroxylation is 1. The molecule has 0 atom stereocenters. The van der Waals surface area contributed by atoms with Crippen LogP contribution in [0.5, 0.6) is 5.75 Å². The molecule has 0 aliphatic carbocycles. The van der Waals surface area contributed by atoms with Crippen molar-refractivity contribution < 1.29 is 4.74 Å². The van der Waals surface area contributed by atoms with Crippen LogP contribution < -0.4 is 10.1 Å². The standard InChI is InChI=1S/C15H16N4O/c1-9-5-13(20-4)10(2)11(3)14(9)12-6-17-15(18-7-12)19-8-16/h5-7H,1-4H3,(H,17,18,19). The first-order chi connectivity index (χ1) is 9.58. The molecule has 0 bridgehead atoms. The van der Waals surface area contributed by atoms with Gasteiger partial charge in [-0.1, -0.05) is 0 Å². The maximum Gasteiger partial charge on any atom is 0.236 e. The predicted octanol–water partition coefficient (Wildman–Crippen LogP) is 2.97. The van der Waals surface area contributed by atoms with E-state index < -0.39 is 0 Å². The van der Waals surface area contributed by atoms with Crippen LogP contribution in [0.2, 0.25) is 0 Å². The van der Waals surface area contributed by atoms with Crippen LogP contribution in [0.4, 0.5) is 5.95 Å². The van der Waals surface area contributed by atoms with Gasteiger partial charge in [0, 0.05) is 18.0 Å². The quantitative estimate of drug-likeness (QED) is 0.684. The molecule has 0 spiro atoms. The van der Waals surface area contributed by atoms with E-state index in [-0.39, 0.29) is 0 Å². The van der Waals surface area contributed by atoms with Crippen LogP contribution in [0, 0.1) is 32.2 Å². The molecule has 0 saturated carbocycles. The van der Waals surface area contributed by atoms with Gasteiger partial charge in [-0.25, -0.2) is 9.97 Å². The smallest absolute Gasteiger partial charge is 0.236 e. The molecule has 0 fully saturated rings. The van der Waals surface area contributed by atoms with Crippen molar-refractivity contribution in [3.8, 4) is 23.1 Å². The van der Waals surface area contributed by atoms with Crippen molar-refractivity contribution in [2.45, 2.75) is 20.8 Å². The number of benzene rings is 1. The monoisotopic (exact) mass is 268 g/mol. The van der Waals surface area contributed by atoms with E-state index in [0.717, 1.165) is 33.6 Å². The fraction of sp³-hybridized carbons (Fsp3) is 0.267. The lowest BCUT2D eigenvalue weighted by Gasteiger charge is -2.15. The number of aromatic nitrogens is 2.